The summed E-state index contributed by atoms with van der Waals surface area (Å²) < 4.78 is 6.02. The standard InChI is InChI=1S/C18H29N3OS.HI/c1-13-5-8-16(17(9-13)22-12-15-6-7-15)11-21-18(19-3)20-10-14(2)23-4;/h5,8-9,14-15H,6-7,10-12H2,1-4H3,(H2,19,20,21);1H. The number of aryl methyl sites for hydroxylation is 1. The molecule has 2 rings (SSSR count). The van der Waals surface area contributed by atoms with E-state index >= 15 is 0 Å². The number of nitrogens with one attached hydrogen (secondary N) is 2. The van der Waals surface area contributed by atoms with Gasteiger partial charge in [-0.1, -0.05) is 19.1 Å². The molecule has 1 aromatic rings. The molecule has 0 aromatic heterocycles. The van der Waals surface area contributed by atoms with Gasteiger partial charge >= 0.3 is 0 Å². The Bertz CT molecular complexity index is 535. The van der Waals surface area contributed by atoms with Crippen LogP contribution in [0, 0.1) is 12.8 Å². The van der Waals surface area contributed by atoms with Crippen LogP contribution in [-0.4, -0.2) is 37.7 Å². The summed E-state index contributed by atoms with van der Waals surface area (Å²) in [4.78, 5) is 4.29. The minimum absolute atomic E-state index is 0. The summed E-state index contributed by atoms with van der Waals surface area (Å²) in [6, 6.07) is 6.40. The Morgan fingerprint density at radius 3 is 2.75 bits per heavy atom. The van der Waals surface area contributed by atoms with Gasteiger partial charge in [0.05, 0.1) is 6.61 Å². The van der Waals surface area contributed by atoms with Gasteiger partial charge in [0, 0.05) is 31.0 Å². The van der Waals surface area contributed by atoms with E-state index in [1.165, 1.54) is 24.0 Å². The van der Waals surface area contributed by atoms with Crippen molar-refractivity contribution in [2.75, 3.05) is 26.5 Å². The number of nitrogens with zero attached hydrogens (tertiary/aromatic N) is 1. The van der Waals surface area contributed by atoms with Crippen molar-refractivity contribution in [3.05, 3.63) is 29.3 Å². The summed E-state index contributed by atoms with van der Waals surface area (Å²) in [5.74, 6) is 2.59. The number of aliphatic imine (C=N–C) groups is 1. The SMILES string of the molecule is CN=C(NCc1ccc(C)cc1OCC1CC1)NCC(C)SC.I. The molecule has 136 valence electrons. The monoisotopic (exact) mass is 463 g/mol. The molecule has 0 amide bonds. The summed E-state index contributed by atoms with van der Waals surface area (Å²) in [7, 11) is 1.80. The van der Waals surface area contributed by atoms with Gasteiger partial charge in [-0.3, -0.25) is 4.99 Å². The van der Waals surface area contributed by atoms with Gasteiger partial charge in [0.2, 0.25) is 0 Å². The molecule has 1 unspecified atom stereocenters. The molecule has 0 heterocycles. The van der Waals surface area contributed by atoms with Crippen LogP contribution in [0.15, 0.2) is 23.2 Å². The molecule has 2 N–H and O–H groups in total. The molecule has 0 bridgehead atoms. The smallest absolute Gasteiger partial charge is 0.191 e. The fraction of sp³-hybridized carbons (Fsp3) is 0.611. The highest BCUT2D eigenvalue weighted by atomic mass is 127. The number of rotatable bonds is 8. The lowest BCUT2D eigenvalue weighted by Crippen LogP contribution is -2.39. The predicted molar refractivity (Wildman–Crippen MR) is 116 cm³/mol. The molecule has 1 aliphatic rings. The van der Waals surface area contributed by atoms with Crippen molar-refractivity contribution in [2.45, 2.75) is 38.5 Å². The second kappa shape index (κ2) is 11.1. The number of benzene rings is 1. The van der Waals surface area contributed by atoms with Crippen molar-refractivity contribution in [1.82, 2.24) is 10.6 Å². The van der Waals surface area contributed by atoms with Crippen LogP contribution in [0.2, 0.25) is 0 Å². The highest BCUT2D eigenvalue weighted by molar-refractivity contribution is 14.0. The molecule has 1 aromatic carbocycles. The maximum atomic E-state index is 6.02. The molecule has 1 aliphatic carbocycles. The number of halogens is 1. The minimum atomic E-state index is 0. The maximum Gasteiger partial charge on any atom is 0.191 e. The lowest BCUT2D eigenvalue weighted by Gasteiger charge is -2.16. The van der Waals surface area contributed by atoms with E-state index < -0.39 is 0 Å². The summed E-state index contributed by atoms with van der Waals surface area (Å²) in [6.45, 7) is 6.77. The van der Waals surface area contributed by atoms with Gasteiger partial charge < -0.3 is 15.4 Å². The predicted octanol–water partition coefficient (Wildman–Crippen LogP) is 3.82. The molecule has 1 atom stereocenters. The zero-order valence-electron chi connectivity index (χ0n) is 15.1. The highest BCUT2D eigenvalue weighted by Gasteiger charge is 2.22. The Hall–Kier alpha value is -0.630. The second-order valence-electron chi connectivity index (χ2n) is 6.22. The molecule has 0 radical (unpaired) electrons. The number of thioether (sulfide) groups is 1. The first-order valence-electron chi connectivity index (χ1n) is 8.32. The van der Waals surface area contributed by atoms with Crippen molar-refractivity contribution >= 4 is 41.7 Å². The van der Waals surface area contributed by atoms with Crippen molar-refractivity contribution in [3.63, 3.8) is 0 Å². The lowest BCUT2D eigenvalue weighted by atomic mass is 10.1. The van der Waals surface area contributed by atoms with Gasteiger partial charge in [-0.05, 0) is 43.6 Å². The molecule has 1 fully saturated rings. The molecule has 0 saturated heterocycles. The fourth-order valence-electron chi connectivity index (χ4n) is 2.16. The Labute approximate surface area is 167 Å². The van der Waals surface area contributed by atoms with Gasteiger partial charge in [-0.25, -0.2) is 0 Å². The second-order valence-corrected chi connectivity index (χ2v) is 7.49. The van der Waals surface area contributed by atoms with E-state index in [9.17, 15) is 0 Å². The third kappa shape index (κ3) is 7.51. The molecule has 4 nitrogen and oxygen atoms in total. The van der Waals surface area contributed by atoms with Crippen LogP contribution in [-0.2, 0) is 6.54 Å². The summed E-state index contributed by atoms with van der Waals surface area (Å²) in [5, 5.41) is 7.30. The van der Waals surface area contributed by atoms with Crippen LogP contribution in [0.3, 0.4) is 0 Å². The first kappa shape index (κ1) is 21.4. The van der Waals surface area contributed by atoms with Crippen molar-refractivity contribution in [2.24, 2.45) is 10.9 Å². The van der Waals surface area contributed by atoms with Crippen LogP contribution in [0.5, 0.6) is 5.75 Å². The summed E-state index contributed by atoms with van der Waals surface area (Å²) >= 11 is 1.85. The number of ether oxygens (including phenoxy) is 1. The van der Waals surface area contributed by atoms with E-state index in [4.69, 9.17) is 4.74 Å². The number of hydrogen-bond donors (Lipinski definition) is 2. The molecular weight excluding hydrogens is 433 g/mol. The van der Waals surface area contributed by atoms with Crippen LogP contribution in [0.25, 0.3) is 0 Å². The van der Waals surface area contributed by atoms with Crippen LogP contribution >= 0.6 is 35.7 Å². The van der Waals surface area contributed by atoms with Crippen molar-refractivity contribution < 1.29 is 4.74 Å². The van der Waals surface area contributed by atoms with E-state index in [1.54, 1.807) is 7.05 Å². The Kier molecular flexibility index (Phi) is 9.88. The van der Waals surface area contributed by atoms with E-state index in [-0.39, 0.29) is 24.0 Å². The quantitative estimate of drug-likeness (QED) is 0.350. The molecular formula is C18H30IN3OS. The maximum absolute atomic E-state index is 6.02. The van der Waals surface area contributed by atoms with E-state index in [2.05, 4.69) is 53.9 Å². The zero-order valence-corrected chi connectivity index (χ0v) is 18.2. The van der Waals surface area contributed by atoms with Gasteiger partial charge in [-0.2, -0.15) is 11.8 Å². The van der Waals surface area contributed by atoms with Crippen LogP contribution < -0.4 is 15.4 Å². The van der Waals surface area contributed by atoms with Gasteiger partial charge in [0.1, 0.15) is 5.75 Å². The Balaban J connectivity index is 0.00000288. The van der Waals surface area contributed by atoms with Gasteiger partial charge in [0.25, 0.3) is 0 Å². The summed E-state index contributed by atoms with van der Waals surface area (Å²) in [5.41, 5.74) is 2.41. The average molecular weight is 463 g/mol. The van der Waals surface area contributed by atoms with Crippen LogP contribution in [0.1, 0.15) is 30.9 Å². The highest BCUT2D eigenvalue weighted by Crippen LogP contribution is 2.30. The Morgan fingerprint density at radius 1 is 1.38 bits per heavy atom. The lowest BCUT2D eigenvalue weighted by molar-refractivity contribution is 0.296. The molecule has 6 heteroatoms. The van der Waals surface area contributed by atoms with Crippen LogP contribution in [0.4, 0.5) is 0 Å². The zero-order chi connectivity index (χ0) is 16.7. The Morgan fingerprint density at radius 2 is 2.12 bits per heavy atom. The van der Waals surface area contributed by atoms with E-state index in [1.807, 2.05) is 11.8 Å². The number of hydrogen-bond acceptors (Lipinski definition) is 3. The van der Waals surface area contributed by atoms with E-state index in [0.29, 0.717) is 11.8 Å². The van der Waals surface area contributed by atoms with Crippen molar-refractivity contribution in [1.29, 1.82) is 0 Å². The third-order valence-electron chi connectivity index (χ3n) is 4.02. The van der Waals surface area contributed by atoms with Gasteiger partial charge in [-0.15, -0.1) is 24.0 Å². The first-order chi connectivity index (χ1) is 11.1. The average Bonchev–Trinajstić information content (AvgIpc) is 3.38. The topological polar surface area (TPSA) is 45.7 Å². The minimum Gasteiger partial charge on any atom is -0.493 e. The molecule has 0 aliphatic heterocycles. The normalized spacial score (nSPS) is 15.4. The fourth-order valence-corrected chi connectivity index (χ4v) is 2.41. The summed E-state index contributed by atoms with van der Waals surface area (Å²) in [6.07, 6.45) is 4.74. The first-order valence-corrected chi connectivity index (χ1v) is 9.60. The third-order valence-corrected chi connectivity index (χ3v) is 4.99. The number of guanidine groups is 1. The molecule has 1 saturated carbocycles. The molecule has 0 spiro atoms. The molecule has 24 heavy (non-hydrogen) atoms. The largest absolute Gasteiger partial charge is 0.493 e. The van der Waals surface area contributed by atoms with Crippen molar-refractivity contribution in [3.8, 4) is 5.75 Å². The van der Waals surface area contributed by atoms with Gasteiger partial charge in [0.15, 0.2) is 5.96 Å². The van der Waals surface area contributed by atoms with E-state index in [0.717, 1.165) is 30.8 Å².